The molecule has 0 bridgehead atoms. The van der Waals surface area contributed by atoms with Crippen LogP contribution in [-0.2, 0) is 10.9 Å². The lowest BCUT2D eigenvalue weighted by Gasteiger charge is -2.25. The Morgan fingerprint density at radius 2 is 1.78 bits per heavy atom. The van der Waals surface area contributed by atoms with Crippen LogP contribution in [0.2, 0.25) is 0 Å². The SMILES string of the molecule is COC(=O)c1ccc(N2CC(c3ccc(C(F)(F)F)cc3)C[C@@H]2CO)cc1. The Kier molecular flexibility index (Phi) is 5.41. The molecule has 1 heterocycles. The zero-order valence-electron chi connectivity index (χ0n) is 14.7. The number of ether oxygens (including phenoxy) is 1. The average molecular weight is 379 g/mol. The summed E-state index contributed by atoms with van der Waals surface area (Å²) in [4.78, 5) is 13.6. The third-order valence-corrected chi connectivity index (χ3v) is 4.95. The number of carbonyl (C=O) groups is 1. The first-order valence-electron chi connectivity index (χ1n) is 8.56. The average Bonchev–Trinajstić information content (AvgIpc) is 3.11. The number of alkyl halides is 3. The van der Waals surface area contributed by atoms with Gasteiger partial charge in [-0.15, -0.1) is 0 Å². The van der Waals surface area contributed by atoms with Crippen LogP contribution in [-0.4, -0.2) is 37.4 Å². The van der Waals surface area contributed by atoms with Crippen molar-refractivity contribution in [2.24, 2.45) is 0 Å². The quantitative estimate of drug-likeness (QED) is 0.820. The number of halogens is 3. The number of aliphatic hydroxyl groups excluding tert-OH is 1. The van der Waals surface area contributed by atoms with Crippen LogP contribution in [0.5, 0.6) is 0 Å². The maximum absolute atomic E-state index is 12.7. The van der Waals surface area contributed by atoms with Gasteiger partial charge in [-0.3, -0.25) is 0 Å². The first-order chi connectivity index (χ1) is 12.8. The van der Waals surface area contributed by atoms with Crippen LogP contribution in [0.15, 0.2) is 48.5 Å². The molecule has 1 aliphatic rings. The third kappa shape index (κ3) is 4.08. The van der Waals surface area contributed by atoms with Crippen LogP contribution in [0.25, 0.3) is 0 Å². The number of hydrogen-bond acceptors (Lipinski definition) is 4. The number of hydrogen-bond donors (Lipinski definition) is 1. The van der Waals surface area contributed by atoms with Gasteiger partial charge in [-0.2, -0.15) is 13.2 Å². The highest BCUT2D eigenvalue weighted by atomic mass is 19.4. The van der Waals surface area contributed by atoms with Crippen molar-refractivity contribution in [2.75, 3.05) is 25.2 Å². The van der Waals surface area contributed by atoms with Crippen LogP contribution < -0.4 is 4.90 Å². The molecule has 1 aliphatic heterocycles. The van der Waals surface area contributed by atoms with E-state index < -0.39 is 17.7 Å². The Bertz CT molecular complexity index is 788. The second-order valence-electron chi connectivity index (χ2n) is 6.58. The van der Waals surface area contributed by atoms with Crippen molar-refractivity contribution in [3.63, 3.8) is 0 Å². The first-order valence-corrected chi connectivity index (χ1v) is 8.56. The Labute approximate surface area is 155 Å². The Morgan fingerprint density at radius 1 is 1.15 bits per heavy atom. The highest BCUT2D eigenvalue weighted by Gasteiger charge is 2.34. The molecule has 0 saturated carbocycles. The largest absolute Gasteiger partial charge is 0.465 e. The molecule has 0 radical (unpaired) electrons. The summed E-state index contributed by atoms with van der Waals surface area (Å²) in [5, 5.41) is 9.73. The number of aliphatic hydroxyl groups is 1. The molecule has 1 N–H and O–H groups in total. The number of rotatable bonds is 4. The van der Waals surface area contributed by atoms with Crippen molar-refractivity contribution in [1.82, 2.24) is 0 Å². The van der Waals surface area contributed by atoms with E-state index in [2.05, 4.69) is 4.74 Å². The summed E-state index contributed by atoms with van der Waals surface area (Å²) in [5.74, 6) is -0.408. The molecule has 7 heteroatoms. The van der Waals surface area contributed by atoms with Gasteiger partial charge < -0.3 is 14.7 Å². The van der Waals surface area contributed by atoms with Gasteiger partial charge in [-0.05, 0) is 48.4 Å². The van der Waals surface area contributed by atoms with E-state index in [9.17, 15) is 23.1 Å². The number of methoxy groups -OCH3 is 1. The van der Waals surface area contributed by atoms with Gasteiger partial charge in [0.2, 0.25) is 0 Å². The standard InChI is InChI=1S/C20H20F3NO3/c1-27-19(26)14-4-8-17(9-5-14)24-11-15(10-18(24)12-25)13-2-6-16(7-3-13)20(21,22)23/h2-9,15,18,25H,10-12H2,1H3/t15?,18-/m1/s1. The molecule has 144 valence electrons. The fourth-order valence-corrected chi connectivity index (χ4v) is 3.50. The predicted octanol–water partition coefficient (Wildman–Crippen LogP) is 3.85. The Hall–Kier alpha value is -2.54. The Balaban J connectivity index is 1.78. The monoisotopic (exact) mass is 379 g/mol. The van der Waals surface area contributed by atoms with E-state index in [1.807, 2.05) is 4.90 Å². The third-order valence-electron chi connectivity index (χ3n) is 4.95. The highest BCUT2D eigenvalue weighted by molar-refractivity contribution is 5.89. The molecule has 2 atom stereocenters. The maximum atomic E-state index is 12.7. The van der Waals surface area contributed by atoms with Gasteiger partial charge in [0.25, 0.3) is 0 Å². The second kappa shape index (κ2) is 7.60. The van der Waals surface area contributed by atoms with Crippen molar-refractivity contribution >= 4 is 11.7 Å². The molecule has 1 saturated heterocycles. The topological polar surface area (TPSA) is 49.8 Å². The van der Waals surface area contributed by atoms with Crippen LogP contribution in [0.3, 0.4) is 0 Å². The molecule has 0 amide bonds. The summed E-state index contributed by atoms with van der Waals surface area (Å²) in [6.07, 6.45) is -3.71. The molecular formula is C20H20F3NO3. The fourth-order valence-electron chi connectivity index (χ4n) is 3.50. The van der Waals surface area contributed by atoms with Crippen molar-refractivity contribution in [1.29, 1.82) is 0 Å². The Morgan fingerprint density at radius 3 is 2.30 bits per heavy atom. The minimum Gasteiger partial charge on any atom is -0.465 e. The highest BCUT2D eigenvalue weighted by Crippen LogP contribution is 2.36. The number of esters is 1. The lowest BCUT2D eigenvalue weighted by Crippen LogP contribution is -2.32. The fraction of sp³-hybridized carbons (Fsp3) is 0.350. The van der Waals surface area contributed by atoms with Crippen molar-refractivity contribution in [3.05, 3.63) is 65.2 Å². The predicted molar refractivity (Wildman–Crippen MR) is 94.8 cm³/mol. The molecule has 0 aromatic heterocycles. The van der Waals surface area contributed by atoms with E-state index in [-0.39, 0.29) is 18.6 Å². The molecule has 1 fully saturated rings. The van der Waals surface area contributed by atoms with E-state index in [0.717, 1.165) is 23.4 Å². The van der Waals surface area contributed by atoms with Crippen LogP contribution >= 0.6 is 0 Å². The minimum atomic E-state index is -4.35. The van der Waals surface area contributed by atoms with E-state index in [0.29, 0.717) is 18.5 Å². The summed E-state index contributed by atoms with van der Waals surface area (Å²) in [6, 6.07) is 11.9. The maximum Gasteiger partial charge on any atom is 0.416 e. The van der Waals surface area contributed by atoms with Gasteiger partial charge in [0.15, 0.2) is 0 Å². The van der Waals surface area contributed by atoms with E-state index >= 15 is 0 Å². The molecule has 4 nitrogen and oxygen atoms in total. The van der Waals surface area contributed by atoms with E-state index in [1.54, 1.807) is 24.3 Å². The van der Waals surface area contributed by atoms with Crippen molar-refractivity contribution in [2.45, 2.75) is 24.6 Å². The van der Waals surface area contributed by atoms with Crippen LogP contribution in [0.1, 0.15) is 33.8 Å². The smallest absolute Gasteiger partial charge is 0.416 e. The molecule has 0 spiro atoms. The second-order valence-corrected chi connectivity index (χ2v) is 6.58. The van der Waals surface area contributed by atoms with Gasteiger partial charge in [0.05, 0.1) is 30.9 Å². The van der Waals surface area contributed by atoms with E-state index in [4.69, 9.17) is 0 Å². The normalized spacial score (nSPS) is 20.0. The van der Waals surface area contributed by atoms with Gasteiger partial charge in [0, 0.05) is 18.2 Å². The summed E-state index contributed by atoms with van der Waals surface area (Å²) in [7, 11) is 1.31. The summed E-state index contributed by atoms with van der Waals surface area (Å²) < 4.78 is 42.9. The number of anilines is 1. The number of benzene rings is 2. The van der Waals surface area contributed by atoms with Crippen LogP contribution in [0.4, 0.5) is 18.9 Å². The lowest BCUT2D eigenvalue weighted by molar-refractivity contribution is -0.137. The van der Waals surface area contributed by atoms with Gasteiger partial charge in [0.1, 0.15) is 0 Å². The minimum absolute atomic E-state index is 0.0183. The zero-order valence-corrected chi connectivity index (χ0v) is 14.7. The molecule has 2 aromatic rings. The van der Waals surface area contributed by atoms with Crippen LogP contribution in [0, 0.1) is 0 Å². The van der Waals surface area contributed by atoms with E-state index in [1.165, 1.54) is 19.2 Å². The summed E-state index contributed by atoms with van der Waals surface area (Å²) >= 11 is 0. The molecular weight excluding hydrogens is 359 g/mol. The summed E-state index contributed by atoms with van der Waals surface area (Å²) in [6.45, 7) is 0.518. The molecule has 27 heavy (non-hydrogen) atoms. The lowest BCUT2D eigenvalue weighted by atomic mass is 9.95. The number of carbonyl (C=O) groups excluding carboxylic acids is 1. The van der Waals surface area contributed by atoms with Gasteiger partial charge >= 0.3 is 12.1 Å². The van der Waals surface area contributed by atoms with Crippen molar-refractivity contribution in [3.8, 4) is 0 Å². The van der Waals surface area contributed by atoms with Gasteiger partial charge in [-0.1, -0.05) is 12.1 Å². The molecule has 2 aromatic carbocycles. The number of nitrogens with zero attached hydrogens (tertiary/aromatic N) is 1. The zero-order chi connectivity index (χ0) is 19.6. The molecule has 3 rings (SSSR count). The van der Waals surface area contributed by atoms with Crippen molar-refractivity contribution < 1.29 is 27.8 Å². The molecule has 0 aliphatic carbocycles. The molecule has 1 unspecified atom stereocenters. The van der Waals surface area contributed by atoms with Gasteiger partial charge in [-0.25, -0.2) is 4.79 Å². The first kappa shape index (κ1) is 19.2. The summed E-state index contributed by atoms with van der Waals surface area (Å²) in [5.41, 5.74) is 1.42.